The molecule has 0 unspecified atom stereocenters. The quantitative estimate of drug-likeness (QED) is 0.750. The van der Waals surface area contributed by atoms with Gasteiger partial charge in [-0.3, -0.25) is 0 Å². The van der Waals surface area contributed by atoms with Crippen LogP contribution >= 0.6 is 34.4 Å². The number of nitrogens with zero attached hydrogens (tertiary/aromatic N) is 4. The first-order chi connectivity index (χ1) is 9.15. The third-order valence-electron chi connectivity index (χ3n) is 2.48. The van der Waals surface area contributed by atoms with Gasteiger partial charge in [0.05, 0.1) is 15.9 Å². The molecule has 2 heterocycles. The number of nitrogens with two attached hydrogens (primary N) is 1. The summed E-state index contributed by atoms with van der Waals surface area (Å²) < 4.78 is 1.98. The van der Waals surface area contributed by atoms with Gasteiger partial charge in [0, 0.05) is 19.0 Å². The average Bonchev–Trinajstić information content (AvgIpc) is 3.01. The minimum absolute atomic E-state index is 0.713. The van der Waals surface area contributed by atoms with Crippen LogP contribution in [0, 0.1) is 0 Å². The number of hydrogen-bond acceptors (Lipinski definition) is 8. The SMILES string of the molecule is CN(C)c1nnc(Sc2ccc3scnc3c2N)s1. The summed E-state index contributed by atoms with van der Waals surface area (Å²) in [7, 11) is 3.90. The molecule has 0 aliphatic carbocycles. The fourth-order valence-electron chi connectivity index (χ4n) is 1.54. The van der Waals surface area contributed by atoms with Gasteiger partial charge in [-0.15, -0.1) is 21.5 Å². The van der Waals surface area contributed by atoms with Crippen molar-refractivity contribution in [3.63, 3.8) is 0 Å². The molecule has 0 saturated heterocycles. The maximum Gasteiger partial charge on any atom is 0.208 e. The van der Waals surface area contributed by atoms with Gasteiger partial charge in [0.1, 0.15) is 5.52 Å². The number of benzene rings is 1. The van der Waals surface area contributed by atoms with Crippen LogP contribution in [0.5, 0.6) is 0 Å². The van der Waals surface area contributed by atoms with Crippen LogP contribution in [-0.2, 0) is 0 Å². The number of nitrogen functional groups attached to an aromatic ring is 1. The van der Waals surface area contributed by atoms with Crippen LogP contribution in [0.4, 0.5) is 10.8 Å². The molecule has 0 spiro atoms. The first-order valence-corrected chi connectivity index (χ1v) is 7.97. The number of fused-ring (bicyclic) bond motifs is 1. The molecule has 5 nitrogen and oxygen atoms in total. The van der Waals surface area contributed by atoms with Crippen molar-refractivity contribution in [3.05, 3.63) is 17.6 Å². The maximum atomic E-state index is 6.15. The van der Waals surface area contributed by atoms with E-state index in [4.69, 9.17) is 5.73 Å². The normalized spacial score (nSPS) is 11.1. The Labute approximate surface area is 122 Å². The molecule has 1 aromatic carbocycles. The van der Waals surface area contributed by atoms with Crippen molar-refractivity contribution >= 4 is 55.5 Å². The Kier molecular flexibility index (Phi) is 3.29. The summed E-state index contributed by atoms with van der Waals surface area (Å²) in [6, 6.07) is 4.05. The van der Waals surface area contributed by atoms with E-state index in [1.165, 1.54) is 11.8 Å². The lowest BCUT2D eigenvalue weighted by molar-refractivity contribution is 0.973. The molecule has 3 aromatic rings. The van der Waals surface area contributed by atoms with Gasteiger partial charge in [0.15, 0.2) is 4.34 Å². The first kappa shape index (κ1) is 12.6. The summed E-state index contributed by atoms with van der Waals surface area (Å²) in [4.78, 5) is 7.20. The summed E-state index contributed by atoms with van der Waals surface area (Å²) in [5.74, 6) is 0. The number of aromatic nitrogens is 3. The van der Waals surface area contributed by atoms with E-state index in [9.17, 15) is 0 Å². The van der Waals surface area contributed by atoms with Crippen LogP contribution in [0.25, 0.3) is 10.2 Å². The highest BCUT2D eigenvalue weighted by atomic mass is 32.2. The predicted molar refractivity (Wildman–Crippen MR) is 82.4 cm³/mol. The van der Waals surface area contributed by atoms with Gasteiger partial charge in [-0.25, -0.2) is 4.98 Å². The molecule has 2 aromatic heterocycles. The Bertz CT molecular complexity index is 718. The van der Waals surface area contributed by atoms with Crippen LogP contribution in [0.3, 0.4) is 0 Å². The fourth-order valence-corrected chi connectivity index (χ4v) is 4.01. The molecule has 0 fully saturated rings. The largest absolute Gasteiger partial charge is 0.396 e. The van der Waals surface area contributed by atoms with E-state index in [0.29, 0.717) is 5.69 Å². The zero-order valence-electron chi connectivity index (χ0n) is 10.3. The number of anilines is 2. The zero-order chi connectivity index (χ0) is 13.4. The second-order valence-corrected chi connectivity index (χ2v) is 7.15. The molecule has 8 heteroatoms. The Balaban J connectivity index is 1.93. The van der Waals surface area contributed by atoms with Crippen LogP contribution in [0.2, 0.25) is 0 Å². The van der Waals surface area contributed by atoms with E-state index < -0.39 is 0 Å². The second-order valence-electron chi connectivity index (χ2n) is 4.02. The molecular weight excluding hydrogens is 298 g/mol. The third kappa shape index (κ3) is 2.38. The zero-order valence-corrected chi connectivity index (χ0v) is 12.8. The van der Waals surface area contributed by atoms with E-state index in [0.717, 1.165) is 24.6 Å². The van der Waals surface area contributed by atoms with Gasteiger partial charge >= 0.3 is 0 Å². The smallest absolute Gasteiger partial charge is 0.208 e. The van der Waals surface area contributed by atoms with Crippen LogP contribution < -0.4 is 10.6 Å². The molecule has 0 amide bonds. The van der Waals surface area contributed by atoms with E-state index in [-0.39, 0.29) is 0 Å². The minimum atomic E-state index is 0.713. The number of thiazole rings is 1. The lowest BCUT2D eigenvalue weighted by Gasteiger charge is -2.04. The highest BCUT2D eigenvalue weighted by molar-refractivity contribution is 8.01. The molecule has 0 bridgehead atoms. The highest BCUT2D eigenvalue weighted by Crippen LogP contribution is 2.38. The van der Waals surface area contributed by atoms with Gasteiger partial charge in [-0.1, -0.05) is 23.1 Å². The van der Waals surface area contributed by atoms with Gasteiger partial charge < -0.3 is 10.6 Å². The maximum absolute atomic E-state index is 6.15. The average molecular weight is 309 g/mol. The van der Waals surface area contributed by atoms with Crippen LogP contribution in [0.1, 0.15) is 0 Å². The van der Waals surface area contributed by atoms with Gasteiger partial charge in [-0.2, -0.15) is 0 Å². The molecule has 0 saturated carbocycles. The molecule has 0 aliphatic heterocycles. The first-order valence-electron chi connectivity index (χ1n) is 5.45. The second kappa shape index (κ2) is 4.95. The van der Waals surface area contributed by atoms with Crippen LogP contribution in [-0.4, -0.2) is 29.3 Å². The summed E-state index contributed by atoms with van der Waals surface area (Å²) in [5.41, 5.74) is 9.54. The Morgan fingerprint density at radius 3 is 2.84 bits per heavy atom. The third-order valence-corrected chi connectivity index (χ3v) is 5.49. The van der Waals surface area contributed by atoms with Crippen molar-refractivity contribution < 1.29 is 0 Å². The lowest BCUT2D eigenvalue weighted by Crippen LogP contribution is -2.07. The Morgan fingerprint density at radius 2 is 2.11 bits per heavy atom. The molecule has 2 N–H and O–H groups in total. The summed E-state index contributed by atoms with van der Waals surface area (Å²) >= 11 is 4.67. The fraction of sp³-hybridized carbons (Fsp3) is 0.182. The van der Waals surface area contributed by atoms with E-state index in [1.54, 1.807) is 22.7 Å². The molecule has 19 heavy (non-hydrogen) atoms. The highest BCUT2D eigenvalue weighted by Gasteiger charge is 2.12. The predicted octanol–water partition coefficient (Wildman–Crippen LogP) is 2.95. The van der Waals surface area contributed by atoms with E-state index in [2.05, 4.69) is 15.2 Å². The summed E-state index contributed by atoms with van der Waals surface area (Å²) in [6.45, 7) is 0. The molecular formula is C11H11N5S3. The topological polar surface area (TPSA) is 67.9 Å². The van der Waals surface area contributed by atoms with Crippen molar-refractivity contribution in [2.45, 2.75) is 9.24 Å². The monoisotopic (exact) mass is 309 g/mol. The Hall–Kier alpha value is -1.38. The molecule has 0 aliphatic rings. The van der Waals surface area contributed by atoms with Crippen molar-refractivity contribution in [1.82, 2.24) is 15.2 Å². The number of rotatable bonds is 3. The van der Waals surface area contributed by atoms with Crippen molar-refractivity contribution in [1.29, 1.82) is 0 Å². The molecule has 98 valence electrons. The summed E-state index contributed by atoms with van der Waals surface area (Å²) in [6.07, 6.45) is 0. The van der Waals surface area contributed by atoms with Gasteiger partial charge in [-0.05, 0) is 12.1 Å². The Morgan fingerprint density at radius 1 is 1.26 bits per heavy atom. The van der Waals surface area contributed by atoms with Crippen molar-refractivity contribution in [3.8, 4) is 0 Å². The summed E-state index contributed by atoms with van der Waals surface area (Å²) in [5, 5.41) is 9.16. The molecule has 0 atom stereocenters. The van der Waals surface area contributed by atoms with E-state index >= 15 is 0 Å². The lowest BCUT2D eigenvalue weighted by atomic mass is 10.3. The van der Waals surface area contributed by atoms with Crippen LogP contribution in [0.15, 0.2) is 26.9 Å². The standard InChI is InChI=1S/C11H11N5S3/c1-16(2)10-14-15-11(19-10)18-6-3-4-7-9(8(6)12)13-5-17-7/h3-5H,12H2,1-2H3. The van der Waals surface area contributed by atoms with Gasteiger partial charge in [0.2, 0.25) is 5.13 Å². The van der Waals surface area contributed by atoms with Crippen molar-refractivity contribution in [2.75, 3.05) is 24.7 Å². The minimum Gasteiger partial charge on any atom is -0.396 e. The van der Waals surface area contributed by atoms with E-state index in [1.807, 2.05) is 36.6 Å². The number of hydrogen-bond donors (Lipinski definition) is 1. The molecule has 0 radical (unpaired) electrons. The molecule has 3 rings (SSSR count). The van der Waals surface area contributed by atoms with Gasteiger partial charge in [0.25, 0.3) is 0 Å². The van der Waals surface area contributed by atoms with Crippen molar-refractivity contribution in [2.24, 2.45) is 0 Å².